The molecule has 20 heavy (non-hydrogen) atoms. The molecule has 0 spiro atoms. The number of ether oxygens (including phenoxy) is 1. The maximum absolute atomic E-state index is 13.9. The monoisotopic (exact) mass is 285 g/mol. The summed E-state index contributed by atoms with van der Waals surface area (Å²) in [6.07, 6.45) is 0.386. The van der Waals surface area contributed by atoms with E-state index in [2.05, 4.69) is 5.32 Å². The van der Waals surface area contributed by atoms with Gasteiger partial charge >= 0.3 is 5.92 Å². The van der Waals surface area contributed by atoms with Crippen molar-refractivity contribution in [1.82, 2.24) is 0 Å². The van der Waals surface area contributed by atoms with Crippen LogP contribution in [0.5, 0.6) is 0 Å². The lowest BCUT2D eigenvalue weighted by molar-refractivity contribution is -0.212. The Bertz CT molecular complexity index is 501. The molecule has 1 aromatic rings. The van der Waals surface area contributed by atoms with E-state index >= 15 is 0 Å². The molecule has 0 unspecified atom stereocenters. The molecule has 1 aliphatic carbocycles. The number of hydrogen-bond acceptors (Lipinski definition) is 3. The van der Waals surface area contributed by atoms with E-state index in [4.69, 9.17) is 4.74 Å². The summed E-state index contributed by atoms with van der Waals surface area (Å²) in [7, 11) is 1.52. The van der Waals surface area contributed by atoms with Gasteiger partial charge in [0.2, 0.25) is 0 Å². The SMILES string of the molecule is COCc1cccc(NC(=O)C(F)(F)C2(O)CCC2)c1. The van der Waals surface area contributed by atoms with Crippen LogP contribution >= 0.6 is 0 Å². The highest BCUT2D eigenvalue weighted by Crippen LogP contribution is 2.44. The zero-order chi connectivity index (χ0) is 14.8. The lowest BCUT2D eigenvalue weighted by atomic mass is 9.75. The second-order valence-corrected chi connectivity index (χ2v) is 5.05. The zero-order valence-corrected chi connectivity index (χ0v) is 11.2. The fraction of sp³-hybridized carbons (Fsp3) is 0.500. The van der Waals surface area contributed by atoms with E-state index in [-0.39, 0.29) is 18.5 Å². The number of amides is 1. The Balaban J connectivity index is 2.09. The first kappa shape index (κ1) is 14.9. The summed E-state index contributed by atoms with van der Waals surface area (Å²) in [4.78, 5) is 11.7. The first-order valence-corrected chi connectivity index (χ1v) is 6.38. The molecule has 0 atom stereocenters. The third-order valence-corrected chi connectivity index (χ3v) is 3.55. The molecule has 6 heteroatoms. The molecular weight excluding hydrogens is 268 g/mol. The standard InChI is InChI=1S/C14H17F2NO3/c1-20-9-10-4-2-5-11(8-10)17-12(18)14(15,16)13(19)6-3-7-13/h2,4-5,8,19H,3,6-7,9H2,1H3,(H,17,18). The van der Waals surface area contributed by atoms with Gasteiger partial charge in [0.25, 0.3) is 5.91 Å². The second kappa shape index (κ2) is 5.46. The third kappa shape index (κ3) is 2.66. The predicted molar refractivity (Wildman–Crippen MR) is 69.5 cm³/mol. The number of anilines is 1. The Labute approximate surface area is 115 Å². The molecule has 2 rings (SSSR count). The number of carbonyl (C=O) groups is 1. The Morgan fingerprint density at radius 1 is 1.50 bits per heavy atom. The molecule has 1 fully saturated rings. The summed E-state index contributed by atoms with van der Waals surface area (Å²) < 4.78 is 32.7. The predicted octanol–water partition coefficient (Wildman–Crippen LogP) is 2.32. The van der Waals surface area contributed by atoms with Gasteiger partial charge in [-0.2, -0.15) is 8.78 Å². The summed E-state index contributed by atoms with van der Waals surface area (Å²) in [5, 5.41) is 11.8. The second-order valence-electron chi connectivity index (χ2n) is 5.05. The number of alkyl halides is 2. The van der Waals surface area contributed by atoms with Crippen LogP contribution in [0.15, 0.2) is 24.3 Å². The zero-order valence-electron chi connectivity index (χ0n) is 11.2. The van der Waals surface area contributed by atoms with Gasteiger partial charge in [-0.25, -0.2) is 0 Å². The van der Waals surface area contributed by atoms with Gasteiger partial charge in [-0.05, 0) is 37.0 Å². The third-order valence-electron chi connectivity index (χ3n) is 3.55. The maximum Gasteiger partial charge on any atom is 0.352 e. The topological polar surface area (TPSA) is 58.6 Å². The molecule has 0 aliphatic heterocycles. The normalized spacial score (nSPS) is 17.4. The molecule has 0 radical (unpaired) electrons. The van der Waals surface area contributed by atoms with Gasteiger partial charge in [0.1, 0.15) is 5.60 Å². The van der Waals surface area contributed by atoms with Gasteiger partial charge in [-0.1, -0.05) is 12.1 Å². The van der Waals surface area contributed by atoms with Crippen molar-refractivity contribution in [2.24, 2.45) is 0 Å². The van der Waals surface area contributed by atoms with Crippen LogP contribution in [0.3, 0.4) is 0 Å². The molecule has 1 saturated carbocycles. The fourth-order valence-electron chi connectivity index (χ4n) is 2.15. The van der Waals surface area contributed by atoms with Gasteiger partial charge in [0.05, 0.1) is 6.61 Å². The van der Waals surface area contributed by atoms with E-state index in [1.807, 2.05) is 0 Å². The summed E-state index contributed by atoms with van der Waals surface area (Å²) >= 11 is 0. The summed E-state index contributed by atoms with van der Waals surface area (Å²) in [5.74, 6) is -5.27. The largest absolute Gasteiger partial charge is 0.383 e. The van der Waals surface area contributed by atoms with Crippen molar-refractivity contribution < 1.29 is 23.4 Å². The highest BCUT2D eigenvalue weighted by Gasteiger charge is 2.61. The Kier molecular flexibility index (Phi) is 4.06. The van der Waals surface area contributed by atoms with E-state index in [1.165, 1.54) is 13.2 Å². The molecule has 0 bridgehead atoms. The average molecular weight is 285 g/mol. The van der Waals surface area contributed by atoms with Crippen LogP contribution in [-0.4, -0.2) is 29.6 Å². The number of aliphatic hydroxyl groups is 1. The number of carbonyl (C=O) groups excluding carboxylic acids is 1. The minimum Gasteiger partial charge on any atom is -0.383 e. The highest BCUT2D eigenvalue weighted by atomic mass is 19.3. The molecular formula is C14H17F2NO3. The minimum absolute atomic E-state index is 0.0584. The molecule has 4 nitrogen and oxygen atoms in total. The number of rotatable bonds is 5. The molecule has 0 saturated heterocycles. The van der Waals surface area contributed by atoms with Gasteiger partial charge < -0.3 is 15.2 Å². The van der Waals surface area contributed by atoms with Gasteiger partial charge in [-0.3, -0.25) is 4.79 Å². The van der Waals surface area contributed by atoms with Crippen LogP contribution in [0, 0.1) is 0 Å². The lowest BCUT2D eigenvalue weighted by Gasteiger charge is -2.41. The van der Waals surface area contributed by atoms with E-state index in [1.54, 1.807) is 18.2 Å². The minimum atomic E-state index is -3.79. The van der Waals surface area contributed by atoms with Crippen LogP contribution in [0.1, 0.15) is 24.8 Å². The number of benzene rings is 1. The van der Waals surface area contributed by atoms with Crippen molar-refractivity contribution >= 4 is 11.6 Å². The molecule has 110 valence electrons. The molecule has 0 aromatic heterocycles. The van der Waals surface area contributed by atoms with Crippen LogP contribution < -0.4 is 5.32 Å². The van der Waals surface area contributed by atoms with E-state index < -0.39 is 17.4 Å². The first-order valence-electron chi connectivity index (χ1n) is 6.38. The first-order chi connectivity index (χ1) is 9.39. The molecule has 1 aromatic carbocycles. The van der Waals surface area contributed by atoms with E-state index in [0.29, 0.717) is 13.0 Å². The average Bonchev–Trinajstić information content (AvgIpc) is 2.36. The smallest absolute Gasteiger partial charge is 0.352 e. The summed E-state index contributed by atoms with van der Waals surface area (Å²) in [5.41, 5.74) is -1.19. The maximum atomic E-state index is 13.9. The molecule has 1 amide bonds. The number of nitrogens with one attached hydrogen (secondary N) is 1. The van der Waals surface area contributed by atoms with Crippen LogP contribution in [0.25, 0.3) is 0 Å². The fourth-order valence-corrected chi connectivity index (χ4v) is 2.15. The number of methoxy groups -OCH3 is 1. The van der Waals surface area contributed by atoms with Crippen LogP contribution in [-0.2, 0) is 16.1 Å². The van der Waals surface area contributed by atoms with Crippen LogP contribution in [0.4, 0.5) is 14.5 Å². The number of halogens is 2. The molecule has 0 heterocycles. The van der Waals surface area contributed by atoms with Crippen molar-refractivity contribution in [1.29, 1.82) is 0 Å². The van der Waals surface area contributed by atoms with Gasteiger partial charge in [0, 0.05) is 12.8 Å². The highest BCUT2D eigenvalue weighted by molar-refractivity contribution is 5.97. The summed E-state index contributed by atoms with van der Waals surface area (Å²) in [6, 6.07) is 6.47. The van der Waals surface area contributed by atoms with E-state index in [9.17, 15) is 18.7 Å². The number of hydrogen-bond donors (Lipinski definition) is 2. The van der Waals surface area contributed by atoms with E-state index in [0.717, 1.165) is 5.56 Å². The van der Waals surface area contributed by atoms with Crippen LogP contribution in [0.2, 0.25) is 0 Å². The molecule has 1 aliphatic rings. The Morgan fingerprint density at radius 3 is 2.75 bits per heavy atom. The van der Waals surface area contributed by atoms with Gasteiger partial charge in [0.15, 0.2) is 0 Å². The Morgan fingerprint density at radius 2 is 2.20 bits per heavy atom. The Hall–Kier alpha value is -1.53. The van der Waals surface area contributed by atoms with Crippen molar-refractivity contribution in [2.45, 2.75) is 37.4 Å². The summed E-state index contributed by atoms with van der Waals surface area (Å²) in [6.45, 7) is 0.323. The van der Waals surface area contributed by atoms with Crippen molar-refractivity contribution in [2.75, 3.05) is 12.4 Å². The van der Waals surface area contributed by atoms with Gasteiger partial charge in [-0.15, -0.1) is 0 Å². The lowest BCUT2D eigenvalue weighted by Crippen LogP contribution is -2.59. The quantitative estimate of drug-likeness (QED) is 0.873. The van der Waals surface area contributed by atoms with Crippen molar-refractivity contribution in [3.8, 4) is 0 Å². The van der Waals surface area contributed by atoms with Crippen molar-refractivity contribution in [3.05, 3.63) is 29.8 Å². The van der Waals surface area contributed by atoms with Crippen molar-refractivity contribution in [3.63, 3.8) is 0 Å². The molecule has 2 N–H and O–H groups in total.